The zero-order valence-electron chi connectivity index (χ0n) is 15.9. The zero-order chi connectivity index (χ0) is 18.9. The molecule has 1 amide bonds. The fraction of sp³-hybridized carbons (Fsp3) is 0.435. The van der Waals surface area contributed by atoms with Crippen molar-refractivity contribution >= 4 is 6.09 Å². The van der Waals surface area contributed by atoms with Crippen molar-refractivity contribution < 1.29 is 14.6 Å². The molecule has 1 aliphatic heterocycles. The lowest BCUT2D eigenvalue weighted by molar-refractivity contribution is 0.0678. The number of rotatable bonds is 5. The van der Waals surface area contributed by atoms with Crippen molar-refractivity contribution in [2.24, 2.45) is 0 Å². The van der Waals surface area contributed by atoms with Crippen LogP contribution in [0.15, 0.2) is 48.5 Å². The SMILES string of the molecule is CC1(CCCO)CCCN1C(=O)OCC1c2ccccc2-c2ccccc21. The molecule has 1 heterocycles. The number of aliphatic hydroxyl groups excluding tert-OH is 1. The third kappa shape index (κ3) is 3.23. The number of amides is 1. The maximum Gasteiger partial charge on any atom is 0.410 e. The van der Waals surface area contributed by atoms with Crippen molar-refractivity contribution in [1.82, 2.24) is 4.90 Å². The van der Waals surface area contributed by atoms with Crippen LogP contribution in [0.2, 0.25) is 0 Å². The van der Waals surface area contributed by atoms with Crippen LogP contribution in [0.4, 0.5) is 4.79 Å². The Bertz CT molecular complexity index is 788. The van der Waals surface area contributed by atoms with Crippen LogP contribution in [-0.4, -0.2) is 41.4 Å². The molecule has 4 nitrogen and oxygen atoms in total. The molecule has 142 valence electrons. The van der Waals surface area contributed by atoms with Gasteiger partial charge < -0.3 is 14.7 Å². The van der Waals surface area contributed by atoms with E-state index < -0.39 is 0 Å². The molecule has 1 saturated heterocycles. The van der Waals surface area contributed by atoms with Crippen LogP contribution < -0.4 is 0 Å². The Balaban J connectivity index is 1.50. The Morgan fingerprint density at radius 3 is 2.41 bits per heavy atom. The first-order valence-electron chi connectivity index (χ1n) is 9.87. The van der Waals surface area contributed by atoms with Gasteiger partial charge in [-0.05, 0) is 54.9 Å². The number of ether oxygens (including phenoxy) is 1. The molecule has 27 heavy (non-hydrogen) atoms. The van der Waals surface area contributed by atoms with Crippen LogP contribution in [0.3, 0.4) is 0 Å². The molecule has 1 fully saturated rings. The van der Waals surface area contributed by atoms with Crippen LogP contribution in [0, 0.1) is 0 Å². The number of fused-ring (bicyclic) bond motifs is 3. The normalized spacial score (nSPS) is 21.2. The third-order valence-corrected chi connectivity index (χ3v) is 6.18. The summed E-state index contributed by atoms with van der Waals surface area (Å²) >= 11 is 0. The van der Waals surface area contributed by atoms with Gasteiger partial charge in [0, 0.05) is 24.6 Å². The van der Waals surface area contributed by atoms with Gasteiger partial charge in [0.2, 0.25) is 0 Å². The van der Waals surface area contributed by atoms with E-state index in [1.807, 2.05) is 17.0 Å². The Morgan fingerprint density at radius 2 is 1.78 bits per heavy atom. The molecule has 0 bridgehead atoms. The molecule has 1 N–H and O–H groups in total. The monoisotopic (exact) mass is 365 g/mol. The molecular formula is C23H27NO3. The smallest absolute Gasteiger partial charge is 0.410 e. The van der Waals surface area contributed by atoms with E-state index in [1.54, 1.807) is 0 Å². The number of nitrogens with zero attached hydrogens (tertiary/aromatic N) is 1. The molecular weight excluding hydrogens is 338 g/mol. The standard InChI is InChI=1S/C23H27NO3/c1-23(13-7-15-25)12-6-14-24(23)22(26)27-16-21-19-10-4-2-8-17(19)18-9-3-5-11-20(18)21/h2-5,8-11,21,25H,6-7,12-16H2,1H3. The molecule has 2 aromatic carbocycles. The summed E-state index contributed by atoms with van der Waals surface area (Å²) in [6, 6.07) is 16.8. The summed E-state index contributed by atoms with van der Waals surface area (Å²) in [6.07, 6.45) is 3.26. The number of aliphatic hydroxyl groups is 1. The Kier molecular flexibility index (Phi) is 4.92. The van der Waals surface area contributed by atoms with Gasteiger partial charge in [-0.1, -0.05) is 48.5 Å². The van der Waals surface area contributed by atoms with Crippen LogP contribution in [0.25, 0.3) is 11.1 Å². The summed E-state index contributed by atoms with van der Waals surface area (Å²) in [6.45, 7) is 3.36. The third-order valence-electron chi connectivity index (χ3n) is 6.18. The number of benzene rings is 2. The van der Waals surface area contributed by atoms with Gasteiger partial charge in [0.15, 0.2) is 0 Å². The Morgan fingerprint density at radius 1 is 1.15 bits per heavy atom. The average Bonchev–Trinajstić information content (AvgIpc) is 3.23. The lowest BCUT2D eigenvalue weighted by Gasteiger charge is -2.34. The zero-order valence-corrected chi connectivity index (χ0v) is 15.9. The van der Waals surface area contributed by atoms with Gasteiger partial charge in [-0.2, -0.15) is 0 Å². The summed E-state index contributed by atoms with van der Waals surface area (Å²) in [7, 11) is 0. The van der Waals surface area contributed by atoms with E-state index in [4.69, 9.17) is 9.84 Å². The summed E-state index contributed by atoms with van der Waals surface area (Å²) in [5.41, 5.74) is 4.74. The van der Waals surface area contributed by atoms with Crippen LogP contribution in [-0.2, 0) is 4.74 Å². The fourth-order valence-electron chi connectivity index (χ4n) is 4.73. The molecule has 4 heteroatoms. The molecule has 1 atom stereocenters. The van der Waals surface area contributed by atoms with Crippen molar-refractivity contribution in [2.45, 2.75) is 44.1 Å². The van der Waals surface area contributed by atoms with Crippen molar-refractivity contribution in [3.05, 3.63) is 59.7 Å². The minimum absolute atomic E-state index is 0.0904. The summed E-state index contributed by atoms with van der Waals surface area (Å²) in [5.74, 6) is 0.0904. The van der Waals surface area contributed by atoms with Gasteiger partial charge in [-0.25, -0.2) is 4.79 Å². The van der Waals surface area contributed by atoms with Crippen LogP contribution in [0.5, 0.6) is 0 Å². The fourth-order valence-corrected chi connectivity index (χ4v) is 4.73. The van der Waals surface area contributed by atoms with Crippen LogP contribution in [0.1, 0.15) is 49.7 Å². The number of carbonyl (C=O) groups excluding carboxylic acids is 1. The van der Waals surface area contributed by atoms with E-state index in [1.165, 1.54) is 22.3 Å². The molecule has 1 aliphatic carbocycles. The van der Waals surface area contributed by atoms with E-state index in [9.17, 15) is 4.79 Å². The predicted octanol–water partition coefficient (Wildman–Crippen LogP) is 4.56. The summed E-state index contributed by atoms with van der Waals surface area (Å²) in [4.78, 5) is 14.7. The van der Waals surface area contributed by atoms with E-state index in [2.05, 4.69) is 43.3 Å². The van der Waals surface area contributed by atoms with E-state index >= 15 is 0 Å². The molecule has 0 saturated carbocycles. The number of hydrogen-bond donors (Lipinski definition) is 1. The van der Waals surface area contributed by atoms with Crippen molar-refractivity contribution in [3.8, 4) is 11.1 Å². The molecule has 4 rings (SSSR count). The highest BCUT2D eigenvalue weighted by Gasteiger charge is 2.40. The number of carbonyl (C=O) groups is 1. The lowest BCUT2D eigenvalue weighted by atomic mass is 9.93. The van der Waals surface area contributed by atoms with Crippen molar-refractivity contribution in [3.63, 3.8) is 0 Å². The number of likely N-dealkylation sites (tertiary alicyclic amines) is 1. The topological polar surface area (TPSA) is 49.8 Å². The maximum absolute atomic E-state index is 12.8. The first kappa shape index (κ1) is 18.1. The minimum Gasteiger partial charge on any atom is -0.448 e. The molecule has 0 aromatic heterocycles. The highest BCUT2D eigenvalue weighted by Crippen LogP contribution is 2.44. The molecule has 1 unspecified atom stereocenters. The first-order chi connectivity index (χ1) is 13.1. The molecule has 2 aliphatic rings. The lowest BCUT2D eigenvalue weighted by Crippen LogP contribution is -2.45. The highest BCUT2D eigenvalue weighted by molar-refractivity contribution is 5.79. The van der Waals surface area contributed by atoms with Gasteiger partial charge >= 0.3 is 6.09 Å². The number of hydrogen-bond acceptors (Lipinski definition) is 3. The van der Waals surface area contributed by atoms with Gasteiger partial charge in [0.25, 0.3) is 0 Å². The van der Waals surface area contributed by atoms with Gasteiger partial charge in [0.1, 0.15) is 6.61 Å². The Hall–Kier alpha value is -2.33. The molecule has 0 spiro atoms. The molecule has 0 radical (unpaired) electrons. The van der Waals surface area contributed by atoms with E-state index in [0.29, 0.717) is 13.0 Å². The minimum atomic E-state index is -0.227. The van der Waals surface area contributed by atoms with E-state index in [-0.39, 0.29) is 24.2 Å². The summed E-state index contributed by atoms with van der Waals surface area (Å²) in [5, 5.41) is 9.16. The summed E-state index contributed by atoms with van der Waals surface area (Å²) < 4.78 is 5.82. The highest BCUT2D eigenvalue weighted by atomic mass is 16.6. The van der Waals surface area contributed by atoms with Gasteiger partial charge in [-0.15, -0.1) is 0 Å². The first-order valence-corrected chi connectivity index (χ1v) is 9.87. The van der Waals surface area contributed by atoms with Gasteiger partial charge in [0.05, 0.1) is 0 Å². The second-order valence-electron chi connectivity index (χ2n) is 7.88. The van der Waals surface area contributed by atoms with E-state index in [0.717, 1.165) is 25.8 Å². The van der Waals surface area contributed by atoms with Crippen molar-refractivity contribution in [2.75, 3.05) is 19.8 Å². The van der Waals surface area contributed by atoms with Gasteiger partial charge in [-0.3, -0.25) is 0 Å². The quantitative estimate of drug-likeness (QED) is 0.845. The second kappa shape index (κ2) is 7.35. The van der Waals surface area contributed by atoms with Crippen LogP contribution >= 0.6 is 0 Å². The average molecular weight is 365 g/mol. The Labute approximate surface area is 160 Å². The molecule has 2 aromatic rings. The second-order valence-corrected chi connectivity index (χ2v) is 7.88. The largest absolute Gasteiger partial charge is 0.448 e. The maximum atomic E-state index is 12.8. The predicted molar refractivity (Wildman–Crippen MR) is 106 cm³/mol. The van der Waals surface area contributed by atoms with Crippen molar-refractivity contribution in [1.29, 1.82) is 0 Å².